The average molecular weight is 349 g/mol. The molecule has 26 heavy (non-hydrogen) atoms. The third kappa shape index (κ3) is 2.45. The number of amides is 2. The monoisotopic (exact) mass is 349 g/mol. The van der Waals surface area contributed by atoms with Gasteiger partial charge in [-0.1, -0.05) is 17.3 Å². The van der Waals surface area contributed by atoms with Gasteiger partial charge in [-0.25, -0.2) is 0 Å². The van der Waals surface area contributed by atoms with Crippen molar-refractivity contribution in [1.82, 2.24) is 10.1 Å². The van der Waals surface area contributed by atoms with Gasteiger partial charge in [0.1, 0.15) is 0 Å². The Bertz CT molecular complexity index is 1020. The number of aromatic nitrogens is 2. The number of hydrogen-bond donors (Lipinski definition) is 0. The van der Waals surface area contributed by atoms with Crippen LogP contribution in [0.4, 0.5) is 0 Å². The first-order valence-corrected chi connectivity index (χ1v) is 8.07. The number of imide groups is 1. The Morgan fingerprint density at radius 2 is 1.73 bits per heavy atom. The molecule has 0 radical (unpaired) electrons. The quantitative estimate of drug-likeness (QED) is 0.411. The van der Waals surface area contributed by atoms with Crippen LogP contribution in [0, 0.1) is 19.1 Å². The van der Waals surface area contributed by atoms with Crippen LogP contribution in [0.3, 0.4) is 0 Å². The van der Waals surface area contributed by atoms with Gasteiger partial charge in [-0.2, -0.15) is 4.73 Å². The minimum Gasteiger partial charge on any atom is -0.618 e. The van der Waals surface area contributed by atoms with Gasteiger partial charge < -0.3 is 9.73 Å². The van der Waals surface area contributed by atoms with Crippen LogP contribution < -0.4 is 4.73 Å². The van der Waals surface area contributed by atoms with Crippen molar-refractivity contribution in [2.75, 3.05) is 0 Å². The lowest BCUT2D eigenvalue weighted by Crippen LogP contribution is -2.29. The molecule has 7 heteroatoms. The molecule has 0 fully saturated rings. The molecule has 0 saturated carbocycles. The molecule has 0 N–H and O–H groups in total. The molecule has 1 aliphatic heterocycles. The Morgan fingerprint density at radius 1 is 1.08 bits per heavy atom. The number of nitrogens with zero attached hydrogens (tertiary/aromatic N) is 3. The van der Waals surface area contributed by atoms with Crippen molar-refractivity contribution >= 4 is 11.8 Å². The predicted molar refractivity (Wildman–Crippen MR) is 91.0 cm³/mol. The number of benzene rings is 1. The van der Waals surface area contributed by atoms with Gasteiger partial charge in [-0.05, 0) is 31.5 Å². The van der Waals surface area contributed by atoms with E-state index in [-0.39, 0.29) is 18.4 Å². The second-order valence-electron chi connectivity index (χ2n) is 6.27. The highest BCUT2D eigenvalue weighted by Gasteiger charge is 2.36. The zero-order valence-electron chi connectivity index (χ0n) is 14.2. The average Bonchev–Trinajstić information content (AvgIpc) is 3.18. The third-order valence-electron chi connectivity index (χ3n) is 4.54. The maximum Gasteiger partial charge on any atom is 0.261 e. The summed E-state index contributed by atoms with van der Waals surface area (Å²) < 4.78 is 5.98. The van der Waals surface area contributed by atoms with Crippen molar-refractivity contribution in [3.63, 3.8) is 0 Å². The van der Waals surface area contributed by atoms with Crippen molar-refractivity contribution in [3.05, 3.63) is 75.8 Å². The molecule has 1 aliphatic rings. The molecule has 130 valence electrons. The molecule has 0 bridgehead atoms. The van der Waals surface area contributed by atoms with Crippen LogP contribution in [0.5, 0.6) is 0 Å². The Hall–Kier alpha value is -3.48. The molecule has 3 heterocycles. The lowest BCUT2D eigenvalue weighted by atomic mass is 10.1. The van der Waals surface area contributed by atoms with E-state index < -0.39 is 0 Å². The summed E-state index contributed by atoms with van der Waals surface area (Å²) in [6, 6.07) is 9.97. The number of pyridine rings is 1. The number of rotatable bonds is 3. The van der Waals surface area contributed by atoms with Crippen LogP contribution in [-0.2, 0) is 6.54 Å². The summed E-state index contributed by atoms with van der Waals surface area (Å²) in [7, 11) is 0. The first-order chi connectivity index (χ1) is 12.5. The second kappa shape index (κ2) is 5.80. The van der Waals surface area contributed by atoms with Crippen LogP contribution in [0.15, 0.2) is 47.1 Å². The van der Waals surface area contributed by atoms with E-state index in [9.17, 15) is 14.8 Å². The maximum absolute atomic E-state index is 12.4. The van der Waals surface area contributed by atoms with Crippen LogP contribution in [-0.4, -0.2) is 21.9 Å². The Morgan fingerprint density at radius 3 is 2.38 bits per heavy atom. The van der Waals surface area contributed by atoms with Crippen molar-refractivity contribution in [2.24, 2.45) is 0 Å². The minimum absolute atomic E-state index is 0.0386. The van der Waals surface area contributed by atoms with Crippen LogP contribution in [0.25, 0.3) is 11.4 Å². The molecule has 2 amide bonds. The molecule has 0 atom stereocenters. The Balaban J connectivity index is 1.62. The summed E-state index contributed by atoms with van der Waals surface area (Å²) in [6.45, 7) is 3.71. The highest BCUT2D eigenvalue weighted by atomic mass is 16.5. The summed E-state index contributed by atoms with van der Waals surface area (Å²) in [4.78, 5) is 25.9. The van der Waals surface area contributed by atoms with Crippen LogP contribution in [0.1, 0.15) is 37.6 Å². The third-order valence-corrected chi connectivity index (χ3v) is 4.54. The second-order valence-corrected chi connectivity index (χ2v) is 6.27. The van der Waals surface area contributed by atoms with E-state index >= 15 is 0 Å². The lowest BCUT2D eigenvalue weighted by Gasteiger charge is -2.10. The number of hydrogen-bond acceptors (Lipinski definition) is 5. The van der Waals surface area contributed by atoms with Crippen LogP contribution in [0.2, 0.25) is 0 Å². The SMILES string of the molecule is Cc1cc(-c2cc(CN3C(=O)c4ccccc4C3=O)on2)[n+]([O-])cc1C. The van der Waals surface area contributed by atoms with Gasteiger partial charge >= 0.3 is 0 Å². The van der Waals surface area contributed by atoms with Crippen molar-refractivity contribution < 1.29 is 18.8 Å². The van der Waals surface area contributed by atoms with Crippen molar-refractivity contribution in [2.45, 2.75) is 20.4 Å². The summed E-state index contributed by atoms with van der Waals surface area (Å²) in [5.41, 5.74) is 3.29. The van der Waals surface area contributed by atoms with Gasteiger partial charge in [0.2, 0.25) is 5.69 Å². The van der Waals surface area contributed by atoms with Gasteiger partial charge in [0.25, 0.3) is 11.8 Å². The zero-order valence-corrected chi connectivity index (χ0v) is 14.2. The lowest BCUT2D eigenvalue weighted by molar-refractivity contribution is -0.594. The summed E-state index contributed by atoms with van der Waals surface area (Å²) in [5.74, 6) is -0.407. The molecule has 7 nitrogen and oxygen atoms in total. The molecule has 0 unspecified atom stereocenters. The standard InChI is InChI=1S/C19H15N3O4/c1-11-7-17(22(25)9-12(11)2)16-8-13(26-20-16)10-21-18(23)14-5-3-4-6-15(14)19(21)24/h3-9H,10H2,1-2H3. The van der Waals surface area contributed by atoms with E-state index in [0.717, 1.165) is 20.8 Å². The number of carbonyl (C=O) groups is 2. The topological polar surface area (TPSA) is 90.4 Å². The van der Waals surface area contributed by atoms with E-state index in [2.05, 4.69) is 5.16 Å². The fourth-order valence-corrected chi connectivity index (χ4v) is 2.96. The molecular weight excluding hydrogens is 334 g/mol. The summed E-state index contributed by atoms with van der Waals surface area (Å²) in [6.07, 6.45) is 1.48. The normalized spacial score (nSPS) is 13.4. The van der Waals surface area contributed by atoms with Crippen molar-refractivity contribution in [1.29, 1.82) is 0 Å². The molecule has 3 aromatic rings. The molecule has 1 aromatic carbocycles. The highest BCUT2D eigenvalue weighted by Crippen LogP contribution is 2.25. The molecular formula is C19H15N3O4. The largest absolute Gasteiger partial charge is 0.618 e. The summed E-state index contributed by atoms with van der Waals surface area (Å²) >= 11 is 0. The Kier molecular flexibility index (Phi) is 3.57. The zero-order chi connectivity index (χ0) is 18.4. The first-order valence-electron chi connectivity index (χ1n) is 8.07. The number of carbonyl (C=O) groups excluding carboxylic acids is 2. The number of aryl methyl sites for hydroxylation is 2. The van der Waals surface area contributed by atoms with Gasteiger partial charge in [-0.3, -0.25) is 14.5 Å². The van der Waals surface area contributed by atoms with E-state index in [1.54, 1.807) is 36.4 Å². The molecule has 0 saturated heterocycles. The van der Waals surface area contributed by atoms with E-state index in [0.29, 0.717) is 28.3 Å². The Labute approximate surface area is 149 Å². The first kappa shape index (κ1) is 16.0. The van der Waals surface area contributed by atoms with Gasteiger partial charge in [0, 0.05) is 17.7 Å². The summed E-state index contributed by atoms with van der Waals surface area (Å²) in [5, 5.41) is 16.0. The molecule has 0 spiro atoms. The van der Waals surface area contributed by atoms with E-state index in [1.807, 2.05) is 13.8 Å². The molecule has 0 aliphatic carbocycles. The highest BCUT2D eigenvalue weighted by molar-refractivity contribution is 6.21. The van der Waals surface area contributed by atoms with Gasteiger partial charge in [0.05, 0.1) is 17.7 Å². The van der Waals surface area contributed by atoms with Gasteiger partial charge in [0.15, 0.2) is 17.7 Å². The molecule has 2 aromatic heterocycles. The van der Waals surface area contributed by atoms with Gasteiger partial charge in [-0.15, -0.1) is 0 Å². The minimum atomic E-state index is -0.367. The van der Waals surface area contributed by atoms with E-state index in [1.165, 1.54) is 6.20 Å². The smallest absolute Gasteiger partial charge is 0.261 e. The fourth-order valence-electron chi connectivity index (χ4n) is 2.96. The number of fused-ring (bicyclic) bond motifs is 1. The van der Waals surface area contributed by atoms with Crippen LogP contribution >= 0.6 is 0 Å². The van der Waals surface area contributed by atoms with E-state index in [4.69, 9.17) is 4.52 Å². The predicted octanol–water partition coefficient (Wildman–Crippen LogP) is 2.39. The fraction of sp³-hybridized carbons (Fsp3) is 0.158. The molecule has 4 rings (SSSR count). The van der Waals surface area contributed by atoms with Crippen molar-refractivity contribution in [3.8, 4) is 11.4 Å². The maximum atomic E-state index is 12.4.